The predicted molar refractivity (Wildman–Crippen MR) is 82.0 cm³/mol. The van der Waals surface area contributed by atoms with Gasteiger partial charge in [0.25, 0.3) is 0 Å². The smallest absolute Gasteiger partial charge is 0.0688 e. The van der Waals surface area contributed by atoms with Crippen molar-refractivity contribution in [2.45, 2.75) is 13.2 Å². The minimum absolute atomic E-state index is 0.0261. The normalized spacial score (nSPS) is 11.9. The lowest BCUT2D eigenvalue weighted by Gasteiger charge is -2.15. The Balaban J connectivity index is 2.37. The van der Waals surface area contributed by atoms with Gasteiger partial charge in [-0.25, -0.2) is 0 Å². The highest BCUT2D eigenvalue weighted by atomic mass is 16.3. The van der Waals surface area contributed by atoms with E-state index in [2.05, 4.69) is 30.3 Å². The molecule has 4 aromatic carbocycles. The number of hydrogen-bond acceptors (Lipinski definition) is 2. The summed E-state index contributed by atoms with van der Waals surface area (Å²) in [6.07, 6.45) is 0. The molecule has 0 heterocycles. The Morgan fingerprint density at radius 3 is 2.15 bits per heavy atom. The molecule has 0 aromatic heterocycles. The maximum atomic E-state index is 9.63. The molecule has 0 amide bonds. The van der Waals surface area contributed by atoms with Crippen LogP contribution in [0.25, 0.3) is 32.3 Å². The molecule has 20 heavy (non-hydrogen) atoms. The third-order valence-electron chi connectivity index (χ3n) is 4.16. The largest absolute Gasteiger partial charge is 0.392 e. The Labute approximate surface area is 116 Å². The van der Waals surface area contributed by atoms with Crippen molar-refractivity contribution >= 4 is 32.3 Å². The highest BCUT2D eigenvalue weighted by Crippen LogP contribution is 2.37. The van der Waals surface area contributed by atoms with Gasteiger partial charge in [0.15, 0.2) is 0 Å². The van der Waals surface area contributed by atoms with Crippen LogP contribution in [-0.4, -0.2) is 10.2 Å². The minimum atomic E-state index is 0.0261. The SMILES string of the molecule is OCc1ccc2c(CO)cc3cccc4ccc1c2c43. The third kappa shape index (κ3) is 1.40. The first-order valence-corrected chi connectivity index (χ1v) is 6.73. The van der Waals surface area contributed by atoms with Gasteiger partial charge >= 0.3 is 0 Å². The zero-order valence-electron chi connectivity index (χ0n) is 10.9. The summed E-state index contributed by atoms with van der Waals surface area (Å²) >= 11 is 0. The van der Waals surface area contributed by atoms with Gasteiger partial charge in [-0.15, -0.1) is 0 Å². The number of aliphatic hydroxyl groups is 2. The van der Waals surface area contributed by atoms with Crippen molar-refractivity contribution in [1.29, 1.82) is 0 Å². The van der Waals surface area contributed by atoms with E-state index in [1.165, 1.54) is 10.8 Å². The molecule has 4 rings (SSSR count). The standard InChI is InChI=1S/C18H14O2/c19-9-13-5-7-16-14(10-20)8-12-3-1-2-11-4-6-15(13)18(16)17(11)12/h1-8,19-20H,9-10H2. The molecule has 0 aliphatic heterocycles. The van der Waals surface area contributed by atoms with E-state index in [-0.39, 0.29) is 13.2 Å². The van der Waals surface area contributed by atoms with Crippen molar-refractivity contribution in [2.75, 3.05) is 0 Å². The maximum absolute atomic E-state index is 9.63. The molecule has 0 saturated heterocycles. The summed E-state index contributed by atoms with van der Waals surface area (Å²) in [6, 6.07) is 16.4. The molecule has 0 aliphatic carbocycles. The summed E-state index contributed by atoms with van der Waals surface area (Å²) < 4.78 is 0. The molecule has 0 spiro atoms. The third-order valence-corrected chi connectivity index (χ3v) is 4.16. The molecule has 0 fully saturated rings. The van der Waals surface area contributed by atoms with Gasteiger partial charge in [0.05, 0.1) is 13.2 Å². The van der Waals surface area contributed by atoms with Crippen molar-refractivity contribution in [3.8, 4) is 0 Å². The molecule has 0 aliphatic rings. The first kappa shape index (κ1) is 11.6. The summed E-state index contributed by atoms with van der Waals surface area (Å²) in [4.78, 5) is 0. The van der Waals surface area contributed by atoms with Gasteiger partial charge in [-0.2, -0.15) is 0 Å². The minimum Gasteiger partial charge on any atom is -0.392 e. The van der Waals surface area contributed by atoms with E-state index in [0.717, 1.165) is 32.7 Å². The molecule has 0 atom stereocenters. The monoisotopic (exact) mass is 262 g/mol. The zero-order valence-corrected chi connectivity index (χ0v) is 10.9. The van der Waals surface area contributed by atoms with E-state index in [0.29, 0.717) is 0 Å². The highest BCUT2D eigenvalue weighted by molar-refractivity contribution is 6.24. The van der Waals surface area contributed by atoms with Crippen LogP contribution in [0.5, 0.6) is 0 Å². The molecule has 2 nitrogen and oxygen atoms in total. The van der Waals surface area contributed by atoms with E-state index in [1.807, 2.05) is 18.2 Å². The fraction of sp³-hybridized carbons (Fsp3) is 0.111. The summed E-state index contributed by atoms with van der Waals surface area (Å²) in [5.41, 5.74) is 1.87. The Morgan fingerprint density at radius 2 is 1.35 bits per heavy atom. The maximum Gasteiger partial charge on any atom is 0.0688 e. The van der Waals surface area contributed by atoms with Crippen molar-refractivity contribution < 1.29 is 10.2 Å². The second-order valence-electron chi connectivity index (χ2n) is 5.19. The fourth-order valence-electron chi connectivity index (χ4n) is 3.23. The van der Waals surface area contributed by atoms with Crippen LogP contribution in [0.1, 0.15) is 11.1 Å². The van der Waals surface area contributed by atoms with E-state index in [9.17, 15) is 10.2 Å². The molecule has 0 unspecified atom stereocenters. The lowest BCUT2D eigenvalue weighted by Crippen LogP contribution is -1.93. The lowest BCUT2D eigenvalue weighted by atomic mass is 9.89. The van der Waals surface area contributed by atoms with Gasteiger partial charge in [-0.1, -0.05) is 42.5 Å². The molecule has 98 valence electrons. The lowest BCUT2D eigenvalue weighted by molar-refractivity contribution is 0.283. The van der Waals surface area contributed by atoms with Crippen LogP contribution in [0.2, 0.25) is 0 Å². The number of aliphatic hydroxyl groups excluding tert-OH is 2. The van der Waals surface area contributed by atoms with Crippen LogP contribution in [0.15, 0.2) is 48.5 Å². The Morgan fingerprint density at radius 1 is 0.650 bits per heavy atom. The van der Waals surface area contributed by atoms with Crippen molar-refractivity contribution in [2.24, 2.45) is 0 Å². The van der Waals surface area contributed by atoms with E-state index in [1.54, 1.807) is 0 Å². The van der Waals surface area contributed by atoms with Crippen LogP contribution in [0.3, 0.4) is 0 Å². The van der Waals surface area contributed by atoms with Gasteiger partial charge in [0.1, 0.15) is 0 Å². The average Bonchev–Trinajstić information content (AvgIpc) is 2.51. The first-order chi connectivity index (χ1) is 9.83. The highest BCUT2D eigenvalue weighted by Gasteiger charge is 2.13. The van der Waals surface area contributed by atoms with Crippen molar-refractivity contribution in [1.82, 2.24) is 0 Å². The fourth-order valence-corrected chi connectivity index (χ4v) is 3.23. The second kappa shape index (κ2) is 4.17. The van der Waals surface area contributed by atoms with Gasteiger partial charge in [-0.3, -0.25) is 0 Å². The van der Waals surface area contributed by atoms with Crippen LogP contribution >= 0.6 is 0 Å². The molecule has 4 aromatic rings. The van der Waals surface area contributed by atoms with E-state index < -0.39 is 0 Å². The molecule has 0 radical (unpaired) electrons. The molecule has 2 heteroatoms. The van der Waals surface area contributed by atoms with Crippen molar-refractivity contribution in [3.05, 3.63) is 59.7 Å². The van der Waals surface area contributed by atoms with E-state index >= 15 is 0 Å². The van der Waals surface area contributed by atoms with Crippen LogP contribution in [0, 0.1) is 0 Å². The Bertz CT molecular complexity index is 919. The Hall–Kier alpha value is -2.16. The Kier molecular flexibility index (Phi) is 2.43. The average molecular weight is 262 g/mol. The predicted octanol–water partition coefficient (Wildman–Crippen LogP) is 3.57. The molecular formula is C18H14O2. The van der Waals surface area contributed by atoms with Crippen LogP contribution in [-0.2, 0) is 13.2 Å². The molecule has 2 N–H and O–H groups in total. The topological polar surface area (TPSA) is 40.5 Å². The summed E-state index contributed by atoms with van der Waals surface area (Å²) in [7, 11) is 0. The summed E-state index contributed by atoms with van der Waals surface area (Å²) in [5.74, 6) is 0. The molecule has 0 bridgehead atoms. The first-order valence-electron chi connectivity index (χ1n) is 6.73. The van der Waals surface area contributed by atoms with Gasteiger partial charge in [0, 0.05) is 0 Å². The number of hydrogen-bond donors (Lipinski definition) is 2. The second-order valence-corrected chi connectivity index (χ2v) is 5.19. The van der Waals surface area contributed by atoms with Crippen LogP contribution in [0.4, 0.5) is 0 Å². The van der Waals surface area contributed by atoms with Gasteiger partial charge in [0.2, 0.25) is 0 Å². The quantitative estimate of drug-likeness (QED) is 0.542. The van der Waals surface area contributed by atoms with Gasteiger partial charge in [-0.05, 0) is 49.5 Å². The van der Waals surface area contributed by atoms with Gasteiger partial charge < -0.3 is 10.2 Å². The number of benzene rings is 4. The number of rotatable bonds is 2. The zero-order chi connectivity index (χ0) is 13.7. The molecular weight excluding hydrogens is 248 g/mol. The summed E-state index contributed by atoms with van der Waals surface area (Å²) in [5, 5.41) is 26.0. The molecule has 0 saturated carbocycles. The van der Waals surface area contributed by atoms with Crippen molar-refractivity contribution in [3.63, 3.8) is 0 Å². The van der Waals surface area contributed by atoms with Crippen LogP contribution < -0.4 is 0 Å². The summed E-state index contributed by atoms with van der Waals surface area (Å²) in [6.45, 7) is 0.0565. The van der Waals surface area contributed by atoms with E-state index in [4.69, 9.17) is 0 Å².